The van der Waals surface area contributed by atoms with Gasteiger partial charge in [0.05, 0.1) is 24.6 Å². The van der Waals surface area contributed by atoms with Crippen molar-refractivity contribution in [3.8, 4) is 5.82 Å². The minimum atomic E-state index is -0.268. The van der Waals surface area contributed by atoms with E-state index in [2.05, 4.69) is 32.6 Å². The lowest BCUT2D eigenvalue weighted by molar-refractivity contribution is -0.00232. The second kappa shape index (κ2) is 8.57. The Hall–Kier alpha value is -2.48. The highest BCUT2D eigenvalue weighted by Gasteiger charge is 2.21. The van der Waals surface area contributed by atoms with Gasteiger partial charge in [0.25, 0.3) is 0 Å². The molecule has 2 heterocycles. The van der Waals surface area contributed by atoms with Gasteiger partial charge >= 0.3 is 6.03 Å². The zero-order valence-corrected chi connectivity index (χ0v) is 14.4. The maximum absolute atomic E-state index is 11.9. The van der Waals surface area contributed by atoms with Crippen molar-refractivity contribution in [1.29, 1.82) is 0 Å². The molecule has 0 radical (unpaired) electrons. The summed E-state index contributed by atoms with van der Waals surface area (Å²) in [5, 5.41) is 9.55. The first-order chi connectivity index (χ1) is 12.2. The van der Waals surface area contributed by atoms with Gasteiger partial charge in [0, 0.05) is 6.54 Å². The number of pyridine rings is 1. The first-order valence-corrected chi connectivity index (χ1v) is 8.70. The van der Waals surface area contributed by atoms with Crippen LogP contribution in [0.4, 0.5) is 10.5 Å². The number of hydrogen-bond acceptors (Lipinski definition) is 5. The lowest BCUT2D eigenvalue weighted by Crippen LogP contribution is -2.34. The zero-order valence-electron chi connectivity index (χ0n) is 14.4. The van der Waals surface area contributed by atoms with E-state index in [9.17, 15) is 4.79 Å². The first kappa shape index (κ1) is 17.3. The minimum absolute atomic E-state index is 0.268. The van der Waals surface area contributed by atoms with E-state index in [-0.39, 0.29) is 6.03 Å². The predicted molar refractivity (Wildman–Crippen MR) is 93.5 cm³/mol. The van der Waals surface area contributed by atoms with Crippen LogP contribution in [0.3, 0.4) is 0 Å². The van der Waals surface area contributed by atoms with Crippen molar-refractivity contribution in [2.45, 2.75) is 38.7 Å². The van der Waals surface area contributed by atoms with Gasteiger partial charge < -0.3 is 15.4 Å². The Labute approximate surface area is 147 Å². The maximum Gasteiger partial charge on any atom is 0.319 e. The summed E-state index contributed by atoms with van der Waals surface area (Å²) in [4.78, 5) is 20.0. The van der Waals surface area contributed by atoms with Crippen molar-refractivity contribution in [2.75, 3.05) is 18.5 Å². The number of aromatic nitrogens is 4. The van der Waals surface area contributed by atoms with Crippen LogP contribution in [0.25, 0.3) is 5.82 Å². The van der Waals surface area contributed by atoms with Crippen LogP contribution >= 0.6 is 0 Å². The Bertz CT molecular complexity index is 658. The normalized spacial score (nSPS) is 20.2. The molecule has 0 bridgehead atoms. The first-order valence-electron chi connectivity index (χ1n) is 8.70. The maximum atomic E-state index is 11.9. The summed E-state index contributed by atoms with van der Waals surface area (Å²) in [6.07, 6.45) is 9.80. The number of carbonyl (C=O) groups is 1. The standard InChI is InChI=1S/C17H24N6O2/c1-13-4-2-3-5-15(13)25-9-8-19-17(24)22-14-6-7-16(20-10-14)23-12-18-11-21-23/h6-7,10-13,15H,2-5,8-9H2,1H3,(H2,19,22,24). The summed E-state index contributed by atoms with van der Waals surface area (Å²) < 4.78 is 7.43. The molecule has 1 aliphatic rings. The average molecular weight is 344 g/mol. The number of amides is 2. The highest BCUT2D eigenvalue weighted by atomic mass is 16.5. The molecule has 134 valence electrons. The van der Waals surface area contributed by atoms with Crippen LogP contribution in [0.2, 0.25) is 0 Å². The Morgan fingerprint density at radius 3 is 2.96 bits per heavy atom. The lowest BCUT2D eigenvalue weighted by Gasteiger charge is -2.28. The van der Waals surface area contributed by atoms with Crippen molar-refractivity contribution in [1.82, 2.24) is 25.1 Å². The van der Waals surface area contributed by atoms with Crippen LogP contribution in [0.15, 0.2) is 31.0 Å². The van der Waals surface area contributed by atoms with Crippen LogP contribution in [0, 0.1) is 5.92 Å². The van der Waals surface area contributed by atoms with Crippen LogP contribution in [-0.2, 0) is 4.74 Å². The molecular formula is C17H24N6O2. The van der Waals surface area contributed by atoms with Gasteiger partial charge in [-0.25, -0.2) is 19.4 Å². The van der Waals surface area contributed by atoms with Gasteiger partial charge in [-0.3, -0.25) is 0 Å². The minimum Gasteiger partial charge on any atom is -0.376 e. The molecule has 2 unspecified atom stereocenters. The molecule has 25 heavy (non-hydrogen) atoms. The van der Waals surface area contributed by atoms with Gasteiger partial charge in [-0.05, 0) is 30.9 Å². The molecule has 2 atom stereocenters. The largest absolute Gasteiger partial charge is 0.376 e. The fraction of sp³-hybridized carbons (Fsp3) is 0.529. The van der Waals surface area contributed by atoms with Crippen LogP contribution < -0.4 is 10.6 Å². The number of nitrogens with one attached hydrogen (secondary N) is 2. The number of ether oxygens (including phenoxy) is 1. The van der Waals surface area contributed by atoms with E-state index in [4.69, 9.17) is 4.74 Å². The fourth-order valence-corrected chi connectivity index (χ4v) is 3.00. The van der Waals surface area contributed by atoms with Crippen molar-refractivity contribution in [3.63, 3.8) is 0 Å². The molecule has 2 aromatic heterocycles. The third kappa shape index (κ3) is 4.99. The summed E-state index contributed by atoms with van der Waals surface area (Å²) in [6.45, 7) is 3.26. The molecule has 1 saturated carbocycles. The molecule has 2 aromatic rings. The van der Waals surface area contributed by atoms with Crippen molar-refractivity contribution >= 4 is 11.7 Å². The topological polar surface area (TPSA) is 94.0 Å². The van der Waals surface area contributed by atoms with Gasteiger partial charge in [0.1, 0.15) is 12.7 Å². The van der Waals surface area contributed by atoms with Gasteiger partial charge in [-0.2, -0.15) is 5.10 Å². The summed E-state index contributed by atoms with van der Waals surface area (Å²) in [5.74, 6) is 1.25. The van der Waals surface area contributed by atoms with Gasteiger partial charge in [0.2, 0.25) is 0 Å². The fourth-order valence-electron chi connectivity index (χ4n) is 3.00. The molecule has 8 heteroatoms. The predicted octanol–water partition coefficient (Wildman–Crippen LogP) is 2.38. The van der Waals surface area contributed by atoms with E-state index in [0.717, 1.165) is 6.42 Å². The van der Waals surface area contributed by atoms with E-state index in [1.165, 1.54) is 25.6 Å². The third-order valence-electron chi connectivity index (χ3n) is 4.41. The number of rotatable bonds is 6. The second-order valence-electron chi connectivity index (χ2n) is 6.30. The number of nitrogens with zero attached hydrogens (tertiary/aromatic N) is 4. The van der Waals surface area contributed by atoms with E-state index < -0.39 is 0 Å². The summed E-state index contributed by atoms with van der Waals surface area (Å²) in [6, 6.07) is 3.26. The number of carbonyl (C=O) groups excluding carboxylic acids is 1. The van der Waals surface area contributed by atoms with Gasteiger partial charge in [-0.15, -0.1) is 0 Å². The molecule has 2 amide bonds. The van der Waals surface area contributed by atoms with Crippen molar-refractivity contribution in [3.05, 3.63) is 31.0 Å². The van der Waals surface area contributed by atoms with E-state index in [1.807, 2.05) is 0 Å². The average Bonchev–Trinajstić information content (AvgIpc) is 3.15. The SMILES string of the molecule is CC1CCCCC1OCCNC(=O)Nc1ccc(-n2cncn2)nc1. The highest BCUT2D eigenvalue weighted by Crippen LogP contribution is 2.25. The van der Waals surface area contributed by atoms with Crippen molar-refractivity contribution in [2.24, 2.45) is 5.92 Å². The molecule has 1 fully saturated rings. The molecule has 2 N–H and O–H groups in total. The Balaban J connectivity index is 1.37. The quantitative estimate of drug-likeness (QED) is 0.785. The number of anilines is 1. The van der Waals surface area contributed by atoms with E-state index in [1.54, 1.807) is 29.3 Å². The van der Waals surface area contributed by atoms with Gasteiger partial charge in [-0.1, -0.05) is 19.8 Å². The smallest absolute Gasteiger partial charge is 0.319 e. The van der Waals surface area contributed by atoms with Crippen molar-refractivity contribution < 1.29 is 9.53 Å². The van der Waals surface area contributed by atoms with Crippen LogP contribution in [-0.4, -0.2) is 45.0 Å². The Morgan fingerprint density at radius 2 is 2.24 bits per heavy atom. The molecule has 0 saturated heterocycles. The van der Waals surface area contributed by atoms with Crippen LogP contribution in [0.1, 0.15) is 32.6 Å². The number of urea groups is 1. The summed E-state index contributed by atoms with van der Waals surface area (Å²) in [7, 11) is 0. The van der Waals surface area contributed by atoms with Gasteiger partial charge in [0.15, 0.2) is 5.82 Å². The Morgan fingerprint density at radius 1 is 1.36 bits per heavy atom. The molecule has 0 aliphatic heterocycles. The molecule has 0 aromatic carbocycles. The second-order valence-corrected chi connectivity index (χ2v) is 6.30. The zero-order chi connectivity index (χ0) is 17.5. The van der Waals surface area contributed by atoms with Crippen LogP contribution in [0.5, 0.6) is 0 Å². The molecule has 1 aliphatic carbocycles. The Kier molecular flexibility index (Phi) is 5.95. The summed E-state index contributed by atoms with van der Waals surface area (Å²) >= 11 is 0. The monoisotopic (exact) mass is 344 g/mol. The summed E-state index contributed by atoms with van der Waals surface area (Å²) in [5.41, 5.74) is 0.614. The lowest BCUT2D eigenvalue weighted by atomic mass is 9.88. The molecular weight excluding hydrogens is 320 g/mol. The third-order valence-corrected chi connectivity index (χ3v) is 4.41. The molecule has 0 spiro atoms. The highest BCUT2D eigenvalue weighted by molar-refractivity contribution is 5.89. The molecule has 3 rings (SSSR count). The van der Waals surface area contributed by atoms with E-state index >= 15 is 0 Å². The van der Waals surface area contributed by atoms with E-state index in [0.29, 0.717) is 36.7 Å². The number of hydrogen-bond donors (Lipinski definition) is 2. The molecule has 8 nitrogen and oxygen atoms in total.